The van der Waals surface area contributed by atoms with Crippen LogP contribution in [0.15, 0.2) is 47.8 Å². The Morgan fingerprint density at radius 3 is 2.76 bits per heavy atom. The molecule has 152 valence electrons. The molecule has 0 spiro atoms. The van der Waals surface area contributed by atoms with Crippen molar-refractivity contribution in [3.05, 3.63) is 59.1 Å². The number of amides is 2. The Hall–Kier alpha value is -2.60. The molecule has 1 N–H and O–H groups in total. The molecule has 2 aromatic heterocycles. The summed E-state index contributed by atoms with van der Waals surface area (Å²) in [6, 6.07) is 13.5. The van der Waals surface area contributed by atoms with Gasteiger partial charge in [-0.1, -0.05) is 50.6 Å². The molecule has 0 saturated heterocycles. The van der Waals surface area contributed by atoms with Gasteiger partial charge >= 0.3 is 0 Å². The molecule has 0 fully saturated rings. The summed E-state index contributed by atoms with van der Waals surface area (Å²) in [6.45, 7) is 5.14. The lowest BCUT2D eigenvalue weighted by Crippen LogP contribution is -2.56. The molecule has 6 heteroatoms. The minimum Gasteiger partial charge on any atom is -0.352 e. The van der Waals surface area contributed by atoms with E-state index in [-0.39, 0.29) is 17.9 Å². The maximum absolute atomic E-state index is 13.4. The lowest BCUT2D eigenvalue weighted by atomic mass is 10.1. The van der Waals surface area contributed by atoms with E-state index in [2.05, 4.69) is 19.2 Å². The average molecular weight is 410 g/mol. The van der Waals surface area contributed by atoms with Crippen LogP contribution in [0.1, 0.15) is 49.2 Å². The second-order valence-corrected chi connectivity index (χ2v) is 8.59. The van der Waals surface area contributed by atoms with Gasteiger partial charge in [-0.15, -0.1) is 11.3 Å². The van der Waals surface area contributed by atoms with Gasteiger partial charge in [0, 0.05) is 12.6 Å². The van der Waals surface area contributed by atoms with Crippen LogP contribution in [0.2, 0.25) is 0 Å². The number of hydrogen-bond donors (Lipinski definition) is 1. The maximum atomic E-state index is 13.4. The molecule has 1 aromatic carbocycles. The smallest absolute Gasteiger partial charge is 0.271 e. The topological polar surface area (TPSA) is 54.3 Å². The van der Waals surface area contributed by atoms with Crippen molar-refractivity contribution in [2.45, 2.75) is 58.3 Å². The predicted octanol–water partition coefficient (Wildman–Crippen LogP) is 4.42. The molecule has 3 heterocycles. The second-order valence-electron chi connectivity index (χ2n) is 7.65. The first-order valence-corrected chi connectivity index (χ1v) is 11.2. The summed E-state index contributed by atoms with van der Waals surface area (Å²) in [5.41, 5.74) is 2.74. The fraction of sp³-hybridized carbons (Fsp3) is 0.391. The number of carbonyl (C=O) groups is 2. The molecular formula is C23H27N3O2S. The Morgan fingerprint density at radius 2 is 2.03 bits per heavy atom. The summed E-state index contributed by atoms with van der Waals surface area (Å²) in [5, 5.41) is 5.22. The van der Waals surface area contributed by atoms with E-state index in [1.165, 1.54) is 0 Å². The molecule has 2 atom stereocenters. The molecule has 0 aliphatic carbocycles. The highest BCUT2D eigenvalue weighted by atomic mass is 32.1. The van der Waals surface area contributed by atoms with Gasteiger partial charge in [0.2, 0.25) is 5.91 Å². The zero-order chi connectivity index (χ0) is 20.4. The summed E-state index contributed by atoms with van der Waals surface area (Å²) < 4.78 is 3.10. The Morgan fingerprint density at radius 1 is 1.24 bits per heavy atom. The average Bonchev–Trinajstić information content (AvgIpc) is 3.32. The van der Waals surface area contributed by atoms with Crippen LogP contribution in [-0.4, -0.2) is 33.4 Å². The first kappa shape index (κ1) is 19.7. The molecule has 29 heavy (non-hydrogen) atoms. The highest BCUT2D eigenvalue weighted by molar-refractivity contribution is 7.17. The van der Waals surface area contributed by atoms with Gasteiger partial charge in [0.25, 0.3) is 5.91 Å². The highest BCUT2D eigenvalue weighted by Gasteiger charge is 2.38. The maximum Gasteiger partial charge on any atom is 0.271 e. The van der Waals surface area contributed by atoms with Gasteiger partial charge < -0.3 is 14.8 Å². The summed E-state index contributed by atoms with van der Waals surface area (Å²) in [7, 11) is 0. The number of fused-ring (bicyclic) bond motifs is 3. The van der Waals surface area contributed by atoms with Crippen LogP contribution in [0.3, 0.4) is 0 Å². The summed E-state index contributed by atoms with van der Waals surface area (Å²) in [5.74, 6) is -0.135. The van der Waals surface area contributed by atoms with E-state index in [1.807, 2.05) is 52.4 Å². The predicted molar refractivity (Wildman–Crippen MR) is 117 cm³/mol. The van der Waals surface area contributed by atoms with Crippen molar-refractivity contribution >= 4 is 33.4 Å². The van der Waals surface area contributed by atoms with Crippen LogP contribution in [0, 0.1) is 0 Å². The zero-order valence-corrected chi connectivity index (χ0v) is 17.7. The minimum atomic E-state index is -0.517. The third kappa shape index (κ3) is 3.81. The van der Waals surface area contributed by atoms with Crippen molar-refractivity contribution in [2.75, 3.05) is 0 Å². The van der Waals surface area contributed by atoms with Gasteiger partial charge in [0.15, 0.2) is 0 Å². The Balaban J connectivity index is 1.68. The van der Waals surface area contributed by atoms with Gasteiger partial charge in [-0.05, 0) is 35.9 Å². The molecular weight excluding hydrogens is 382 g/mol. The Labute approximate surface area is 175 Å². The Bertz CT molecular complexity index is 1010. The van der Waals surface area contributed by atoms with Crippen LogP contribution >= 0.6 is 11.3 Å². The first-order chi connectivity index (χ1) is 14.1. The monoisotopic (exact) mass is 409 g/mol. The van der Waals surface area contributed by atoms with Crippen LogP contribution in [0.25, 0.3) is 10.2 Å². The van der Waals surface area contributed by atoms with Crippen molar-refractivity contribution in [1.82, 2.24) is 14.8 Å². The third-order valence-corrected chi connectivity index (χ3v) is 6.56. The second kappa shape index (κ2) is 8.41. The van der Waals surface area contributed by atoms with Gasteiger partial charge in [-0.3, -0.25) is 9.59 Å². The third-order valence-electron chi connectivity index (χ3n) is 5.71. The number of carbonyl (C=O) groups excluding carboxylic acids is 2. The van der Waals surface area contributed by atoms with Gasteiger partial charge in [-0.25, -0.2) is 0 Å². The molecule has 3 aromatic rings. The molecule has 0 saturated carbocycles. The molecule has 1 aliphatic rings. The summed E-state index contributed by atoms with van der Waals surface area (Å²) >= 11 is 1.63. The lowest BCUT2D eigenvalue weighted by molar-refractivity contribution is -0.127. The van der Waals surface area contributed by atoms with Gasteiger partial charge in [0.1, 0.15) is 11.7 Å². The first-order valence-electron chi connectivity index (χ1n) is 10.3. The van der Waals surface area contributed by atoms with E-state index < -0.39 is 6.04 Å². The number of hydrogen-bond acceptors (Lipinski definition) is 3. The standard InChI is InChI=1S/C23H27N3O2S/c1-3-8-17(4-2)24-22(27)20-15-25-18-11-12-29-21(18)13-19(25)23(28)26(20)14-16-9-6-5-7-10-16/h5-7,9-13,17,20H,3-4,8,14-15H2,1-2H3,(H,24,27). The summed E-state index contributed by atoms with van der Waals surface area (Å²) in [6.07, 6.45) is 2.86. The van der Waals surface area contributed by atoms with Crippen molar-refractivity contribution < 1.29 is 9.59 Å². The lowest BCUT2D eigenvalue weighted by Gasteiger charge is -2.36. The van der Waals surface area contributed by atoms with E-state index in [0.717, 1.165) is 35.0 Å². The van der Waals surface area contributed by atoms with E-state index in [9.17, 15) is 9.59 Å². The largest absolute Gasteiger partial charge is 0.352 e. The van der Waals surface area contributed by atoms with Crippen LogP contribution < -0.4 is 5.32 Å². The fourth-order valence-electron chi connectivity index (χ4n) is 4.12. The van der Waals surface area contributed by atoms with Crippen molar-refractivity contribution in [2.24, 2.45) is 0 Å². The minimum absolute atomic E-state index is 0.0580. The normalized spacial score (nSPS) is 17.4. The van der Waals surface area contributed by atoms with E-state index in [4.69, 9.17) is 0 Å². The molecule has 0 bridgehead atoms. The molecule has 5 nitrogen and oxygen atoms in total. The number of nitrogens with one attached hydrogen (secondary N) is 1. The number of aromatic nitrogens is 1. The number of rotatable bonds is 7. The highest BCUT2D eigenvalue weighted by Crippen LogP contribution is 2.31. The Kier molecular flexibility index (Phi) is 5.72. The van der Waals surface area contributed by atoms with Crippen molar-refractivity contribution in [3.63, 3.8) is 0 Å². The molecule has 2 amide bonds. The molecule has 4 rings (SSSR count). The molecule has 1 aliphatic heterocycles. The SMILES string of the molecule is CCCC(CC)NC(=O)C1Cn2c(cc3sccc32)C(=O)N1Cc1ccccc1. The molecule has 0 radical (unpaired) electrons. The summed E-state index contributed by atoms with van der Waals surface area (Å²) in [4.78, 5) is 28.4. The van der Waals surface area contributed by atoms with Crippen LogP contribution in [-0.2, 0) is 17.9 Å². The van der Waals surface area contributed by atoms with Crippen LogP contribution in [0.4, 0.5) is 0 Å². The molecule has 2 unspecified atom stereocenters. The zero-order valence-electron chi connectivity index (χ0n) is 16.9. The number of benzene rings is 1. The van der Waals surface area contributed by atoms with E-state index >= 15 is 0 Å². The van der Waals surface area contributed by atoms with Gasteiger partial charge in [-0.2, -0.15) is 0 Å². The van der Waals surface area contributed by atoms with Crippen molar-refractivity contribution in [1.29, 1.82) is 0 Å². The van der Waals surface area contributed by atoms with Gasteiger partial charge in [0.05, 0.1) is 16.8 Å². The van der Waals surface area contributed by atoms with Crippen LogP contribution in [0.5, 0.6) is 0 Å². The number of nitrogens with zero attached hydrogens (tertiary/aromatic N) is 2. The van der Waals surface area contributed by atoms with E-state index in [1.54, 1.807) is 16.2 Å². The van der Waals surface area contributed by atoms with Crippen molar-refractivity contribution in [3.8, 4) is 0 Å². The fourth-order valence-corrected chi connectivity index (χ4v) is 4.94. The van der Waals surface area contributed by atoms with E-state index in [0.29, 0.717) is 18.8 Å². The number of thiophene rings is 1. The quantitative estimate of drug-likeness (QED) is 0.628.